The van der Waals surface area contributed by atoms with Crippen LogP contribution in [0.5, 0.6) is 0 Å². The molecule has 5 rings (SSSR count). The molecule has 1 aromatic carbocycles. The number of furan rings is 2. The predicted molar refractivity (Wildman–Crippen MR) is 121 cm³/mol. The van der Waals surface area contributed by atoms with Crippen molar-refractivity contribution in [1.29, 1.82) is 0 Å². The van der Waals surface area contributed by atoms with Gasteiger partial charge in [0, 0.05) is 29.3 Å². The molecule has 2 atom stereocenters. The van der Waals surface area contributed by atoms with Crippen LogP contribution in [0.15, 0.2) is 92.2 Å². The first-order valence-electron chi connectivity index (χ1n) is 11.1. The van der Waals surface area contributed by atoms with E-state index in [0.717, 1.165) is 22.8 Å². The molecule has 2 aromatic heterocycles. The van der Waals surface area contributed by atoms with Crippen LogP contribution in [-0.2, 0) is 20.9 Å². The third kappa shape index (κ3) is 4.04. The summed E-state index contributed by atoms with van der Waals surface area (Å²) in [6, 6.07) is 16.9. The van der Waals surface area contributed by atoms with E-state index in [0.29, 0.717) is 35.4 Å². The highest BCUT2D eigenvalue weighted by Gasteiger charge is 2.43. The second-order valence-corrected chi connectivity index (χ2v) is 8.54. The van der Waals surface area contributed by atoms with Crippen molar-refractivity contribution in [2.75, 3.05) is 0 Å². The fourth-order valence-electron chi connectivity index (χ4n) is 4.73. The standard InChI is InChI=1S/C27H25NO5/c1-16-10-11-23(33-16)26-24(27(30)32-15-18-7-4-3-5-8-18)17(2)28-20-13-19(14-21(29)25(20)26)22-9-6-12-31-22/h3-12,19,26,28H,13-15H2,1-2H3/t19-,26-/m0/s1. The molecule has 1 N–H and O–H groups in total. The number of allylic oxidation sites excluding steroid dienone is 3. The lowest BCUT2D eigenvalue weighted by atomic mass is 9.74. The Balaban J connectivity index is 1.50. The zero-order valence-corrected chi connectivity index (χ0v) is 18.6. The molecule has 0 bridgehead atoms. The van der Waals surface area contributed by atoms with Gasteiger partial charge in [0.1, 0.15) is 23.9 Å². The van der Waals surface area contributed by atoms with E-state index in [1.807, 2.05) is 68.4 Å². The summed E-state index contributed by atoms with van der Waals surface area (Å²) in [5, 5.41) is 3.33. The maximum Gasteiger partial charge on any atom is 0.337 e. The average molecular weight is 443 g/mol. The number of dihydropyridines is 1. The van der Waals surface area contributed by atoms with Crippen molar-refractivity contribution in [3.63, 3.8) is 0 Å². The first kappa shape index (κ1) is 21.1. The number of ether oxygens (including phenoxy) is 1. The summed E-state index contributed by atoms with van der Waals surface area (Å²) >= 11 is 0. The van der Waals surface area contributed by atoms with Crippen LogP contribution in [0.25, 0.3) is 0 Å². The first-order chi connectivity index (χ1) is 16.0. The molecule has 0 spiro atoms. The van der Waals surface area contributed by atoms with Crippen LogP contribution in [0, 0.1) is 6.92 Å². The van der Waals surface area contributed by atoms with Crippen LogP contribution in [0.4, 0.5) is 0 Å². The van der Waals surface area contributed by atoms with Gasteiger partial charge in [0.2, 0.25) is 0 Å². The minimum absolute atomic E-state index is 0.0231. The summed E-state index contributed by atoms with van der Waals surface area (Å²) in [6.07, 6.45) is 2.56. The average Bonchev–Trinajstić information content (AvgIpc) is 3.49. The second-order valence-electron chi connectivity index (χ2n) is 8.54. The van der Waals surface area contributed by atoms with Crippen molar-refractivity contribution in [2.24, 2.45) is 0 Å². The van der Waals surface area contributed by atoms with Gasteiger partial charge < -0.3 is 18.9 Å². The third-order valence-corrected chi connectivity index (χ3v) is 6.25. The summed E-state index contributed by atoms with van der Waals surface area (Å²) in [7, 11) is 0. The summed E-state index contributed by atoms with van der Waals surface area (Å²) in [5.74, 6) is 0.937. The number of ketones is 1. The molecule has 2 aliphatic rings. The number of nitrogens with one attached hydrogen (secondary N) is 1. The van der Waals surface area contributed by atoms with Crippen molar-refractivity contribution in [2.45, 2.75) is 45.1 Å². The quantitative estimate of drug-likeness (QED) is 0.540. The van der Waals surface area contributed by atoms with Gasteiger partial charge >= 0.3 is 5.97 Å². The number of rotatable bonds is 5. The molecule has 6 heteroatoms. The van der Waals surface area contributed by atoms with Crippen LogP contribution in [-0.4, -0.2) is 11.8 Å². The lowest BCUT2D eigenvalue weighted by molar-refractivity contribution is -0.140. The molecule has 3 aromatic rings. The number of carbonyl (C=O) groups is 2. The van der Waals surface area contributed by atoms with E-state index in [-0.39, 0.29) is 18.3 Å². The number of benzene rings is 1. The smallest absolute Gasteiger partial charge is 0.337 e. The van der Waals surface area contributed by atoms with Gasteiger partial charge in [-0.25, -0.2) is 4.79 Å². The van der Waals surface area contributed by atoms with Gasteiger partial charge in [-0.15, -0.1) is 0 Å². The molecule has 0 amide bonds. The highest BCUT2D eigenvalue weighted by atomic mass is 16.5. The summed E-state index contributed by atoms with van der Waals surface area (Å²) in [5.41, 5.74) is 3.35. The maximum atomic E-state index is 13.4. The Kier molecular flexibility index (Phi) is 5.50. The Morgan fingerprint density at radius 3 is 2.55 bits per heavy atom. The topological polar surface area (TPSA) is 81.7 Å². The van der Waals surface area contributed by atoms with Gasteiger partial charge in [0.05, 0.1) is 17.8 Å². The Hall–Kier alpha value is -3.80. The van der Waals surface area contributed by atoms with Crippen molar-refractivity contribution in [3.05, 3.63) is 106 Å². The predicted octanol–water partition coefficient (Wildman–Crippen LogP) is 5.29. The lowest BCUT2D eigenvalue weighted by Crippen LogP contribution is -2.36. The van der Waals surface area contributed by atoms with E-state index in [9.17, 15) is 9.59 Å². The Bertz CT molecular complexity index is 1250. The number of hydrogen-bond acceptors (Lipinski definition) is 6. The molecule has 0 unspecified atom stereocenters. The molecular formula is C27H25NO5. The van der Waals surface area contributed by atoms with Crippen LogP contribution < -0.4 is 5.32 Å². The number of Topliss-reactive ketones (excluding diaryl/α,β-unsaturated/α-hetero) is 1. The van der Waals surface area contributed by atoms with Crippen molar-refractivity contribution < 1.29 is 23.2 Å². The lowest BCUT2D eigenvalue weighted by Gasteiger charge is -2.35. The van der Waals surface area contributed by atoms with Gasteiger partial charge in [-0.3, -0.25) is 4.79 Å². The molecular weight excluding hydrogens is 418 g/mol. The van der Waals surface area contributed by atoms with E-state index in [4.69, 9.17) is 13.6 Å². The number of esters is 1. The van der Waals surface area contributed by atoms with E-state index >= 15 is 0 Å². The van der Waals surface area contributed by atoms with Crippen LogP contribution in [0.3, 0.4) is 0 Å². The van der Waals surface area contributed by atoms with Gasteiger partial charge in [-0.1, -0.05) is 30.3 Å². The molecule has 1 aliphatic carbocycles. The fraction of sp³-hybridized carbons (Fsp3) is 0.259. The van der Waals surface area contributed by atoms with Crippen LogP contribution in [0.1, 0.15) is 54.4 Å². The molecule has 0 saturated heterocycles. The van der Waals surface area contributed by atoms with Crippen molar-refractivity contribution in [3.8, 4) is 0 Å². The van der Waals surface area contributed by atoms with Gasteiger partial charge in [-0.05, 0) is 50.1 Å². The number of aryl methyl sites for hydroxylation is 1. The molecule has 0 saturated carbocycles. The minimum Gasteiger partial charge on any atom is -0.469 e. The monoisotopic (exact) mass is 443 g/mol. The highest BCUT2D eigenvalue weighted by molar-refractivity contribution is 6.04. The van der Waals surface area contributed by atoms with Gasteiger partial charge in [-0.2, -0.15) is 0 Å². The Labute approximate surface area is 191 Å². The van der Waals surface area contributed by atoms with Crippen molar-refractivity contribution >= 4 is 11.8 Å². The van der Waals surface area contributed by atoms with Gasteiger partial charge in [0.25, 0.3) is 0 Å². The molecule has 0 fully saturated rings. The molecule has 0 radical (unpaired) electrons. The SMILES string of the molecule is CC1=C(C(=O)OCc2ccccc2)[C@H](c2ccc(C)o2)C2=C(C[C@H](c3ccco3)CC2=O)N1. The zero-order chi connectivity index (χ0) is 22.9. The number of carbonyl (C=O) groups excluding carboxylic acids is 2. The second kappa shape index (κ2) is 8.62. The van der Waals surface area contributed by atoms with E-state index in [1.54, 1.807) is 6.26 Å². The van der Waals surface area contributed by atoms with E-state index in [1.165, 1.54) is 0 Å². The normalized spacial score (nSPS) is 20.5. The molecule has 33 heavy (non-hydrogen) atoms. The summed E-state index contributed by atoms with van der Waals surface area (Å²) in [4.78, 5) is 26.7. The maximum absolute atomic E-state index is 13.4. The van der Waals surface area contributed by atoms with Crippen molar-refractivity contribution in [1.82, 2.24) is 5.32 Å². The van der Waals surface area contributed by atoms with Crippen LogP contribution in [0.2, 0.25) is 0 Å². The third-order valence-electron chi connectivity index (χ3n) is 6.25. The molecule has 6 nitrogen and oxygen atoms in total. The van der Waals surface area contributed by atoms with Gasteiger partial charge in [0.15, 0.2) is 5.78 Å². The van der Waals surface area contributed by atoms with E-state index in [2.05, 4.69) is 5.32 Å². The number of hydrogen-bond donors (Lipinski definition) is 1. The molecule has 168 valence electrons. The fourth-order valence-corrected chi connectivity index (χ4v) is 4.73. The minimum atomic E-state index is -0.608. The zero-order valence-electron chi connectivity index (χ0n) is 18.6. The molecule has 1 aliphatic heterocycles. The highest BCUT2D eigenvalue weighted by Crippen LogP contribution is 2.46. The largest absolute Gasteiger partial charge is 0.469 e. The van der Waals surface area contributed by atoms with Crippen LogP contribution >= 0.6 is 0 Å². The van der Waals surface area contributed by atoms with E-state index < -0.39 is 11.9 Å². The summed E-state index contributed by atoms with van der Waals surface area (Å²) in [6.45, 7) is 3.84. The first-order valence-corrected chi connectivity index (χ1v) is 11.1. The Morgan fingerprint density at radius 1 is 1.03 bits per heavy atom. The molecule has 3 heterocycles. The Morgan fingerprint density at radius 2 is 1.85 bits per heavy atom. The summed E-state index contributed by atoms with van der Waals surface area (Å²) < 4.78 is 17.2.